The van der Waals surface area contributed by atoms with Gasteiger partial charge in [-0.25, -0.2) is 8.78 Å². The number of halogens is 3. The first-order valence-corrected chi connectivity index (χ1v) is 19.6. The summed E-state index contributed by atoms with van der Waals surface area (Å²) < 4.78 is 44.8. The first-order chi connectivity index (χ1) is 25.6. The van der Waals surface area contributed by atoms with Gasteiger partial charge in [0.2, 0.25) is 0 Å². The van der Waals surface area contributed by atoms with E-state index in [0.717, 1.165) is 28.2 Å². The molecule has 2 aromatic heterocycles. The molecular weight excluding hydrogens is 784 g/mol. The molecule has 0 radical (unpaired) electrons. The largest absolute Gasteiger partial charge is 1.00 e. The van der Waals surface area contributed by atoms with E-state index in [4.69, 9.17) is 14.0 Å². The Morgan fingerprint density at radius 2 is 1.13 bits per heavy atom. The molecule has 282 valence electrons. The zero-order valence-electron chi connectivity index (χ0n) is 33.3. The van der Waals surface area contributed by atoms with E-state index < -0.39 is 6.75 Å². The van der Waals surface area contributed by atoms with E-state index >= 15 is 0 Å². The van der Waals surface area contributed by atoms with Crippen LogP contribution in [0.3, 0.4) is 0 Å². The Morgan fingerprint density at radius 1 is 0.655 bits per heavy atom. The molecular formula is C45H49BBrF2KN2O3. The number of para-hydroxylation sites is 2. The zero-order valence-corrected chi connectivity index (χ0v) is 38.0. The Labute approximate surface area is 375 Å². The molecule has 0 spiro atoms. The van der Waals surface area contributed by atoms with Crippen LogP contribution in [-0.2, 0) is 36.5 Å². The molecule has 3 fully saturated rings. The van der Waals surface area contributed by atoms with E-state index in [0.29, 0.717) is 36.2 Å². The van der Waals surface area contributed by atoms with Gasteiger partial charge in [-0.2, -0.15) is 0 Å². The van der Waals surface area contributed by atoms with E-state index in [1.165, 1.54) is 34.4 Å². The fourth-order valence-corrected chi connectivity index (χ4v) is 7.57. The molecule has 0 unspecified atom stereocenters. The van der Waals surface area contributed by atoms with Crippen LogP contribution >= 0.6 is 15.9 Å². The number of hydrogen-bond acceptors (Lipinski definition) is 5. The Kier molecular flexibility index (Phi) is 14.3. The number of alkyl halides is 1. The first kappa shape index (κ1) is 43.7. The number of aromatic nitrogens is 2. The third-order valence-corrected chi connectivity index (χ3v) is 10.6. The Bertz CT molecular complexity index is 2230. The van der Waals surface area contributed by atoms with Crippen molar-refractivity contribution in [1.82, 2.24) is 9.97 Å². The molecule has 4 aromatic carbocycles. The van der Waals surface area contributed by atoms with Gasteiger partial charge < -0.3 is 14.0 Å². The van der Waals surface area contributed by atoms with Gasteiger partial charge in [0.1, 0.15) is 22.7 Å². The van der Waals surface area contributed by atoms with E-state index in [1.807, 2.05) is 24.3 Å². The minimum atomic E-state index is -1.93. The van der Waals surface area contributed by atoms with Crippen molar-refractivity contribution in [1.29, 1.82) is 0 Å². The van der Waals surface area contributed by atoms with Crippen molar-refractivity contribution in [2.75, 3.05) is 19.8 Å². The molecule has 0 saturated carbocycles. The van der Waals surface area contributed by atoms with Gasteiger partial charge in [-0.3, -0.25) is 9.97 Å². The van der Waals surface area contributed by atoms with Crippen LogP contribution in [0, 0.1) is 17.0 Å². The molecule has 10 heteroatoms. The van der Waals surface area contributed by atoms with E-state index in [9.17, 15) is 8.78 Å². The van der Waals surface area contributed by atoms with E-state index in [1.54, 1.807) is 24.5 Å². The predicted octanol–water partition coefficient (Wildman–Crippen LogP) is 7.75. The summed E-state index contributed by atoms with van der Waals surface area (Å²) in [6.45, 7) is 15.4. The van der Waals surface area contributed by atoms with Gasteiger partial charge >= 0.3 is 58.1 Å². The van der Waals surface area contributed by atoms with E-state index in [-0.39, 0.29) is 79.3 Å². The van der Waals surface area contributed by atoms with Crippen molar-refractivity contribution in [3.63, 3.8) is 0 Å². The van der Waals surface area contributed by atoms with Crippen molar-refractivity contribution >= 4 is 50.0 Å². The van der Waals surface area contributed by atoms with Gasteiger partial charge in [-0.15, -0.1) is 5.46 Å². The molecule has 0 N–H and O–H groups in total. The fraction of sp³-hybridized carbons (Fsp3) is 0.333. The average molecular weight is 834 g/mol. The molecule has 0 atom stereocenters. The number of benzene rings is 4. The van der Waals surface area contributed by atoms with Crippen LogP contribution in [-0.4, -0.2) is 36.5 Å². The summed E-state index contributed by atoms with van der Waals surface area (Å²) in [7, 11) is 0. The fourth-order valence-electron chi connectivity index (χ4n) is 7.09. The van der Waals surface area contributed by atoms with Gasteiger partial charge in [0.25, 0.3) is 0 Å². The molecule has 2 bridgehead atoms. The van der Waals surface area contributed by atoms with Crippen LogP contribution < -0.4 is 56.8 Å². The minimum absolute atomic E-state index is 0. The van der Waals surface area contributed by atoms with Crippen molar-refractivity contribution in [3.8, 4) is 0 Å². The molecule has 3 aliphatic rings. The number of pyridine rings is 2. The molecule has 0 aliphatic carbocycles. The van der Waals surface area contributed by atoms with Crippen LogP contribution in [0.1, 0.15) is 76.3 Å². The summed E-state index contributed by atoms with van der Waals surface area (Å²) in [6.07, 6.45) is 4.18. The van der Waals surface area contributed by atoms with Gasteiger partial charge in [0.05, 0.1) is 0 Å². The Hall–Kier alpha value is -2.38. The average Bonchev–Trinajstić information content (AvgIpc) is 3.15. The van der Waals surface area contributed by atoms with Crippen LogP contribution in [0.25, 0.3) is 21.8 Å². The maximum absolute atomic E-state index is 13.7. The summed E-state index contributed by atoms with van der Waals surface area (Å²) in [6, 6.07) is 30.9. The minimum Gasteiger partial charge on any atom is -0.540 e. The second-order valence-corrected chi connectivity index (χ2v) is 17.3. The molecule has 3 saturated heterocycles. The molecule has 5 nitrogen and oxygen atoms in total. The van der Waals surface area contributed by atoms with Gasteiger partial charge in [-0.1, -0.05) is 143 Å². The number of rotatable bonds is 4. The summed E-state index contributed by atoms with van der Waals surface area (Å²) in [5.41, 5.74) is 8.38. The normalized spacial score (nSPS) is 19.2. The molecule has 5 heterocycles. The van der Waals surface area contributed by atoms with Crippen LogP contribution in [0.15, 0.2) is 109 Å². The second kappa shape index (κ2) is 18.0. The van der Waals surface area contributed by atoms with Crippen molar-refractivity contribution in [2.24, 2.45) is 5.41 Å². The second-order valence-electron chi connectivity index (χ2n) is 16.7. The van der Waals surface area contributed by atoms with Gasteiger partial charge in [-0.05, 0) is 69.5 Å². The summed E-state index contributed by atoms with van der Waals surface area (Å²) in [5.74, 6) is -0.596. The monoisotopic (exact) mass is 832 g/mol. The quantitative estimate of drug-likeness (QED) is 0.135. The van der Waals surface area contributed by atoms with Crippen molar-refractivity contribution in [2.45, 2.75) is 71.0 Å². The number of hydrogen-bond donors (Lipinski definition) is 0. The van der Waals surface area contributed by atoms with Gasteiger partial charge in [0.15, 0.2) is 0 Å². The van der Waals surface area contributed by atoms with Crippen LogP contribution in [0.4, 0.5) is 8.78 Å². The molecule has 6 aromatic rings. The summed E-state index contributed by atoms with van der Waals surface area (Å²) >= 11 is 3.50. The van der Waals surface area contributed by atoms with Crippen LogP contribution in [0.2, 0.25) is 0 Å². The Morgan fingerprint density at radius 3 is 1.64 bits per heavy atom. The van der Waals surface area contributed by atoms with Gasteiger partial charge in [0, 0.05) is 47.5 Å². The molecule has 0 amide bonds. The first-order valence-electron chi connectivity index (χ1n) is 18.5. The SMILES string of the molecule is CC(C)(C)c1ccccc1CBr.CC(C)(C)c1ccccc1Cc1cnc2c(F)cccc2c1.CC12CO[B-](c3cnc4c(F)cccc4c3)(OC1)OC2.[K+]. The smallest absolute Gasteiger partial charge is 0.540 e. The molecule has 55 heavy (non-hydrogen) atoms. The molecule has 9 rings (SSSR count). The number of fused-ring (bicyclic) bond motifs is 5. The standard InChI is InChI=1S/C20H20FN.C14H14BFNO3.C11H15Br.K/c1-20(2,3)17-9-5-4-7-15(17)11-14-12-16-8-6-10-18(21)19(16)22-13-14;1-14-7-18-15(19-8-14,20-9-14)11-5-10-3-2-4-12(16)13(10)17-6-11;1-11(2,3)10-7-5-4-6-9(10)8-12;/h4-10,12-13H,11H2,1-3H3;2-6H,7-9H2,1H3;4-7H,8H2,1-3H3;/q;-1;;+1. The van der Waals surface area contributed by atoms with Crippen molar-refractivity contribution in [3.05, 3.63) is 149 Å². The summed E-state index contributed by atoms with van der Waals surface area (Å²) in [5, 5.41) is 2.51. The number of nitrogens with zero attached hydrogens (tertiary/aromatic N) is 2. The third kappa shape index (κ3) is 10.4. The van der Waals surface area contributed by atoms with E-state index in [2.05, 4.69) is 123 Å². The summed E-state index contributed by atoms with van der Waals surface area (Å²) in [4.78, 5) is 8.48. The topological polar surface area (TPSA) is 53.5 Å². The maximum Gasteiger partial charge on any atom is 1.00 e. The Balaban J connectivity index is 0.000000164. The van der Waals surface area contributed by atoms with Crippen molar-refractivity contribution < 1.29 is 74.1 Å². The maximum atomic E-state index is 13.7. The predicted molar refractivity (Wildman–Crippen MR) is 220 cm³/mol. The molecule has 3 aliphatic heterocycles. The third-order valence-electron chi connectivity index (χ3n) is 9.95. The zero-order chi connectivity index (χ0) is 38.7. The van der Waals surface area contributed by atoms with Crippen LogP contribution in [0.5, 0.6) is 0 Å².